The number of likely N-dealkylation sites (tertiary alicyclic amines) is 1. The first-order valence-corrected chi connectivity index (χ1v) is 7.37. The van der Waals surface area contributed by atoms with E-state index in [0.29, 0.717) is 18.0 Å². The number of pyridine rings is 1. The van der Waals surface area contributed by atoms with Crippen LogP contribution < -0.4 is 10.1 Å². The molecule has 0 spiro atoms. The predicted octanol–water partition coefficient (Wildman–Crippen LogP) is 2.12. The molecule has 1 saturated heterocycles. The summed E-state index contributed by atoms with van der Waals surface area (Å²) >= 11 is 0. The van der Waals surface area contributed by atoms with E-state index in [1.165, 1.54) is 18.9 Å². The van der Waals surface area contributed by atoms with Gasteiger partial charge in [-0.05, 0) is 18.9 Å². The van der Waals surface area contributed by atoms with Crippen molar-refractivity contribution in [2.24, 2.45) is 0 Å². The molecule has 1 fully saturated rings. The Morgan fingerprint density at radius 1 is 1.43 bits per heavy atom. The molecule has 0 radical (unpaired) electrons. The molecule has 0 saturated carbocycles. The summed E-state index contributed by atoms with van der Waals surface area (Å²) < 4.78 is 44.8. The number of piperidine rings is 1. The number of alkyl halides is 3. The number of nitrogens with one attached hydrogen (secondary N) is 1. The highest BCUT2D eigenvalue weighted by atomic mass is 19.4. The van der Waals surface area contributed by atoms with Crippen molar-refractivity contribution in [3.8, 4) is 5.88 Å². The maximum Gasteiger partial charge on any atom is 0.404 e. The molecule has 128 valence electrons. The molecule has 2 rings (SSSR count). The zero-order chi connectivity index (χ0) is 17.0. The first-order chi connectivity index (χ1) is 10.8. The number of ether oxygens (including phenoxy) is 1. The summed E-state index contributed by atoms with van der Waals surface area (Å²) in [4.78, 5) is 16.7. The molecular weight excluding hydrogens is 311 g/mol. The van der Waals surface area contributed by atoms with Crippen molar-refractivity contribution < 1.29 is 22.7 Å². The van der Waals surface area contributed by atoms with Gasteiger partial charge in [0.1, 0.15) is 6.04 Å². The molecule has 1 aromatic heterocycles. The van der Waals surface area contributed by atoms with Crippen LogP contribution in [0.2, 0.25) is 0 Å². The van der Waals surface area contributed by atoms with Crippen LogP contribution in [0, 0.1) is 0 Å². The summed E-state index contributed by atoms with van der Waals surface area (Å²) in [7, 11) is 1.46. The van der Waals surface area contributed by atoms with Crippen molar-refractivity contribution in [3.63, 3.8) is 0 Å². The number of carbonyl (C=O) groups excluding carboxylic acids is 1. The number of nitrogens with zero attached hydrogens (tertiary/aromatic N) is 2. The van der Waals surface area contributed by atoms with Crippen molar-refractivity contribution in [3.05, 3.63) is 23.9 Å². The SMILES string of the molecule is COc1cccc(CN2C[C@@H](NC(C)=O)CC[C@@H]2C(F)(F)F)n1. The van der Waals surface area contributed by atoms with Crippen LogP contribution in [0.5, 0.6) is 5.88 Å². The van der Waals surface area contributed by atoms with E-state index in [2.05, 4.69) is 10.3 Å². The van der Waals surface area contributed by atoms with Gasteiger partial charge in [0.15, 0.2) is 0 Å². The topological polar surface area (TPSA) is 54.5 Å². The summed E-state index contributed by atoms with van der Waals surface area (Å²) in [6.07, 6.45) is -4.04. The predicted molar refractivity (Wildman–Crippen MR) is 77.9 cm³/mol. The molecule has 2 atom stereocenters. The molecule has 1 aromatic rings. The lowest BCUT2D eigenvalue weighted by molar-refractivity contribution is -0.194. The fourth-order valence-electron chi connectivity index (χ4n) is 2.86. The monoisotopic (exact) mass is 331 g/mol. The molecular formula is C15H20F3N3O2. The summed E-state index contributed by atoms with van der Waals surface area (Å²) in [5, 5.41) is 2.70. The standard InChI is InChI=1S/C15H20F3N3O2/c1-10(22)19-12-6-7-13(15(16,17)18)21(9-12)8-11-4-3-5-14(20-11)23-2/h3-5,12-13H,6-9H2,1-2H3,(H,19,22)/t12-,13+/m0/s1. The normalized spacial score (nSPS) is 22.7. The highest BCUT2D eigenvalue weighted by molar-refractivity contribution is 5.73. The van der Waals surface area contributed by atoms with Crippen LogP contribution in [0.4, 0.5) is 13.2 Å². The molecule has 5 nitrogen and oxygen atoms in total. The Morgan fingerprint density at radius 2 is 2.17 bits per heavy atom. The van der Waals surface area contributed by atoms with Crippen LogP contribution >= 0.6 is 0 Å². The molecule has 0 unspecified atom stereocenters. The maximum absolute atomic E-state index is 13.3. The number of amides is 1. The Morgan fingerprint density at radius 3 is 2.78 bits per heavy atom. The zero-order valence-electron chi connectivity index (χ0n) is 13.1. The summed E-state index contributed by atoms with van der Waals surface area (Å²) in [5.41, 5.74) is 0.502. The van der Waals surface area contributed by atoms with Crippen molar-refractivity contribution in [1.29, 1.82) is 0 Å². The van der Waals surface area contributed by atoms with Crippen LogP contribution in [-0.2, 0) is 11.3 Å². The molecule has 0 aliphatic carbocycles. The number of hydrogen-bond donors (Lipinski definition) is 1. The van der Waals surface area contributed by atoms with Crippen LogP contribution in [0.3, 0.4) is 0 Å². The molecule has 2 heterocycles. The Hall–Kier alpha value is -1.83. The first kappa shape index (κ1) is 17.5. The number of halogens is 3. The third kappa shape index (κ3) is 4.82. The van der Waals surface area contributed by atoms with Crippen LogP contribution in [0.25, 0.3) is 0 Å². The zero-order valence-corrected chi connectivity index (χ0v) is 13.1. The van der Waals surface area contributed by atoms with Crippen molar-refractivity contribution in [2.75, 3.05) is 13.7 Å². The second-order valence-corrected chi connectivity index (χ2v) is 5.63. The van der Waals surface area contributed by atoms with Gasteiger partial charge >= 0.3 is 6.18 Å². The minimum atomic E-state index is -4.31. The first-order valence-electron chi connectivity index (χ1n) is 7.37. The number of aromatic nitrogens is 1. The lowest BCUT2D eigenvalue weighted by atomic mass is 9.97. The van der Waals surface area contributed by atoms with E-state index in [1.807, 2.05) is 0 Å². The van der Waals surface area contributed by atoms with E-state index in [1.54, 1.807) is 18.2 Å². The van der Waals surface area contributed by atoms with Crippen LogP contribution in [0.15, 0.2) is 18.2 Å². The van der Waals surface area contributed by atoms with Gasteiger partial charge in [0.05, 0.1) is 12.8 Å². The van der Waals surface area contributed by atoms with Crippen LogP contribution in [0.1, 0.15) is 25.5 Å². The molecule has 1 aliphatic heterocycles. The molecule has 0 bridgehead atoms. The van der Waals surface area contributed by atoms with E-state index in [9.17, 15) is 18.0 Å². The second-order valence-electron chi connectivity index (χ2n) is 5.63. The van der Waals surface area contributed by atoms with Crippen molar-refractivity contribution >= 4 is 5.91 Å². The quantitative estimate of drug-likeness (QED) is 0.918. The fraction of sp³-hybridized carbons (Fsp3) is 0.600. The Labute approximate surface area is 132 Å². The Balaban J connectivity index is 2.15. The van der Waals surface area contributed by atoms with Gasteiger partial charge in [-0.2, -0.15) is 13.2 Å². The summed E-state index contributed by atoms with van der Waals surface area (Å²) in [6.45, 7) is 1.56. The molecule has 1 amide bonds. The molecule has 1 aliphatic rings. The lowest BCUT2D eigenvalue weighted by Gasteiger charge is -2.40. The van der Waals surface area contributed by atoms with Gasteiger partial charge in [-0.1, -0.05) is 6.07 Å². The van der Waals surface area contributed by atoms with Crippen molar-refractivity contribution in [1.82, 2.24) is 15.2 Å². The minimum absolute atomic E-state index is 0.0432. The lowest BCUT2D eigenvalue weighted by Crippen LogP contribution is -2.55. The minimum Gasteiger partial charge on any atom is -0.481 e. The van der Waals surface area contributed by atoms with Gasteiger partial charge in [-0.15, -0.1) is 0 Å². The average Bonchev–Trinajstić information content (AvgIpc) is 2.45. The van der Waals surface area contributed by atoms with Gasteiger partial charge in [-0.3, -0.25) is 9.69 Å². The maximum atomic E-state index is 13.3. The van der Waals surface area contributed by atoms with E-state index in [4.69, 9.17) is 4.74 Å². The number of methoxy groups -OCH3 is 1. The van der Waals surface area contributed by atoms with Gasteiger partial charge in [0, 0.05) is 32.1 Å². The summed E-state index contributed by atoms with van der Waals surface area (Å²) in [5.74, 6) is 0.126. The molecule has 1 N–H and O–H groups in total. The van der Waals surface area contributed by atoms with E-state index < -0.39 is 12.2 Å². The largest absolute Gasteiger partial charge is 0.481 e. The Kier molecular flexibility index (Phi) is 5.46. The molecule has 0 aromatic carbocycles. The van der Waals surface area contributed by atoms with E-state index >= 15 is 0 Å². The average molecular weight is 331 g/mol. The molecule has 8 heteroatoms. The molecule has 23 heavy (non-hydrogen) atoms. The highest BCUT2D eigenvalue weighted by Crippen LogP contribution is 2.32. The van der Waals surface area contributed by atoms with Crippen molar-refractivity contribution in [2.45, 2.75) is 44.6 Å². The van der Waals surface area contributed by atoms with Gasteiger partial charge in [-0.25, -0.2) is 4.98 Å². The Bertz CT molecular complexity index is 551. The second kappa shape index (κ2) is 7.16. The third-order valence-corrected chi connectivity index (χ3v) is 3.82. The third-order valence-electron chi connectivity index (χ3n) is 3.82. The van der Waals surface area contributed by atoms with Gasteiger partial charge < -0.3 is 10.1 Å². The number of rotatable bonds is 4. The highest BCUT2D eigenvalue weighted by Gasteiger charge is 2.46. The van der Waals surface area contributed by atoms with Crippen LogP contribution in [-0.4, -0.2) is 47.7 Å². The number of hydrogen-bond acceptors (Lipinski definition) is 4. The van der Waals surface area contributed by atoms with E-state index in [0.717, 1.165) is 0 Å². The summed E-state index contributed by atoms with van der Waals surface area (Å²) in [6, 6.07) is 3.19. The van der Waals surface area contributed by atoms with E-state index in [-0.39, 0.29) is 31.5 Å². The number of carbonyl (C=O) groups is 1. The van der Waals surface area contributed by atoms with Gasteiger partial charge in [0.25, 0.3) is 0 Å². The fourth-order valence-corrected chi connectivity index (χ4v) is 2.86. The van der Waals surface area contributed by atoms with Gasteiger partial charge in [0.2, 0.25) is 11.8 Å². The smallest absolute Gasteiger partial charge is 0.404 e.